The molecule has 1 N–H and O–H groups in total. The van der Waals surface area contributed by atoms with E-state index in [4.69, 9.17) is 0 Å². The molecule has 1 fully saturated rings. The average molecular weight is 246 g/mol. The van der Waals surface area contributed by atoms with Gasteiger partial charge in [0.25, 0.3) is 0 Å². The van der Waals surface area contributed by atoms with Gasteiger partial charge in [0.1, 0.15) is 11.4 Å². The summed E-state index contributed by atoms with van der Waals surface area (Å²) in [6.45, 7) is 4.44. The van der Waals surface area contributed by atoms with Crippen molar-refractivity contribution in [2.24, 2.45) is 11.8 Å². The van der Waals surface area contributed by atoms with Gasteiger partial charge in [0.05, 0.1) is 6.07 Å². The molecule has 0 bridgehead atoms. The SMILES string of the molecule is CC1CCC(C#N)(Nc2ccc(F)cc2)CC1C. The second-order valence-electron chi connectivity index (χ2n) is 5.52. The van der Waals surface area contributed by atoms with Crippen LogP contribution in [0.15, 0.2) is 24.3 Å². The summed E-state index contributed by atoms with van der Waals surface area (Å²) in [5.41, 5.74) is 0.323. The Bertz CT molecular complexity index is 449. The molecular weight excluding hydrogens is 227 g/mol. The maximum atomic E-state index is 12.9. The summed E-state index contributed by atoms with van der Waals surface area (Å²) in [5.74, 6) is 0.949. The lowest BCUT2D eigenvalue weighted by atomic mass is 9.72. The van der Waals surface area contributed by atoms with E-state index in [2.05, 4.69) is 25.2 Å². The van der Waals surface area contributed by atoms with Gasteiger partial charge in [0.2, 0.25) is 0 Å². The van der Waals surface area contributed by atoms with Gasteiger partial charge in [-0.3, -0.25) is 0 Å². The third kappa shape index (κ3) is 2.64. The zero-order valence-corrected chi connectivity index (χ0v) is 10.9. The van der Waals surface area contributed by atoms with Crippen molar-refractivity contribution in [2.45, 2.75) is 38.6 Å². The lowest BCUT2D eigenvalue weighted by Crippen LogP contribution is -2.43. The minimum Gasteiger partial charge on any atom is -0.367 e. The highest BCUT2D eigenvalue weighted by molar-refractivity contribution is 5.48. The first-order chi connectivity index (χ1) is 8.54. The van der Waals surface area contributed by atoms with E-state index in [1.807, 2.05) is 0 Å². The average Bonchev–Trinajstić information content (AvgIpc) is 2.37. The largest absolute Gasteiger partial charge is 0.367 e. The highest BCUT2D eigenvalue weighted by Crippen LogP contribution is 2.37. The molecule has 0 aromatic heterocycles. The van der Waals surface area contributed by atoms with Gasteiger partial charge in [-0.25, -0.2) is 4.39 Å². The Morgan fingerprint density at radius 2 is 1.94 bits per heavy atom. The zero-order chi connectivity index (χ0) is 13.2. The zero-order valence-electron chi connectivity index (χ0n) is 10.9. The van der Waals surface area contributed by atoms with Crippen molar-refractivity contribution in [1.82, 2.24) is 0 Å². The van der Waals surface area contributed by atoms with E-state index >= 15 is 0 Å². The summed E-state index contributed by atoms with van der Waals surface area (Å²) < 4.78 is 12.9. The van der Waals surface area contributed by atoms with Crippen molar-refractivity contribution in [1.29, 1.82) is 5.26 Å². The molecule has 0 heterocycles. The molecule has 96 valence electrons. The molecule has 0 aliphatic heterocycles. The van der Waals surface area contributed by atoms with Crippen LogP contribution < -0.4 is 5.32 Å². The molecule has 0 spiro atoms. The molecule has 1 aliphatic rings. The van der Waals surface area contributed by atoms with E-state index < -0.39 is 5.54 Å². The Kier molecular flexibility index (Phi) is 3.56. The predicted octanol–water partition coefficient (Wildman–Crippen LogP) is 3.96. The normalized spacial score (nSPS) is 31.7. The van der Waals surface area contributed by atoms with Gasteiger partial charge in [-0.1, -0.05) is 13.8 Å². The number of nitriles is 1. The first kappa shape index (κ1) is 12.9. The standard InChI is InChI=1S/C15H19FN2/c1-11-7-8-15(10-17,9-12(11)2)18-14-5-3-13(16)4-6-14/h3-6,11-12,18H,7-9H2,1-2H3. The Balaban J connectivity index is 2.14. The lowest BCUT2D eigenvalue weighted by molar-refractivity contribution is 0.226. The number of rotatable bonds is 2. The number of halogens is 1. The van der Waals surface area contributed by atoms with Gasteiger partial charge in [0, 0.05) is 5.69 Å². The van der Waals surface area contributed by atoms with Crippen LogP contribution in [0.4, 0.5) is 10.1 Å². The topological polar surface area (TPSA) is 35.8 Å². The molecule has 1 saturated carbocycles. The molecule has 3 unspecified atom stereocenters. The number of nitrogens with one attached hydrogen (secondary N) is 1. The molecule has 18 heavy (non-hydrogen) atoms. The molecule has 0 saturated heterocycles. The van der Waals surface area contributed by atoms with E-state index in [0.29, 0.717) is 11.8 Å². The Labute approximate surface area is 108 Å². The van der Waals surface area contributed by atoms with Crippen molar-refractivity contribution < 1.29 is 4.39 Å². The first-order valence-corrected chi connectivity index (χ1v) is 6.50. The van der Waals surface area contributed by atoms with Crippen molar-refractivity contribution in [3.05, 3.63) is 30.1 Å². The number of benzene rings is 1. The van der Waals surface area contributed by atoms with Crippen LogP contribution in [0, 0.1) is 29.0 Å². The van der Waals surface area contributed by atoms with Crippen LogP contribution in [0.5, 0.6) is 0 Å². The minimum absolute atomic E-state index is 0.253. The van der Waals surface area contributed by atoms with Crippen LogP contribution in [0.3, 0.4) is 0 Å². The van der Waals surface area contributed by atoms with Crippen LogP contribution in [0.25, 0.3) is 0 Å². The van der Waals surface area contributed by atoms with Gasteiger partial charge in [-0.05, 0) is 55.4 Å². The van der Waals surface area contributed by atoms with Crippen LogP contribution in [0.2, 0.25) is 0 Å². The molecule has 2 nitrogen and oxygen atoms in total. The van der Waals surface area contributed by atoms with Crippen molar-refractivity contribution in [3.63, 3.8) is 0 Å². The lowest BCUT2D eigenvalue weighted by Gasteiger charge is -2.39. The van der Waals surface area contributed by atoms with E-state index in [0.717, 1.165) is 24.9 Å². The van der Waals surface area contributed by atoms with E-state index in [9.17, 15) is 9.65 Å². The van der Waals surface area contributed by atoms with E-state index in [-0.39, 0.29) is 5.82 Å². The first-order valence-electron chi connectivity index (χ1n) is 6.50. The molecule has 1 aliphatic carbocycles. The van der Waals surface area contributed by atoms with Gasteiger partial charge in [-0.2, -0.15) is 5.26 Å². The summed E-state index contributed by atoms with van der Waals surface area (Å²) in [4.78, 5) is 0. The minimum atomic E-state index is -0.496. The number of hydrogen-bond donors (Lipinski definition) is 1. The number of anilines is 1. The van der Waals surface area contributed by atoms with Gasteiger partial charge in [-0.15, -0.1) is 0 Å². The third-order valence-electron chi connectivity index (χ3n) is 4.11. The summed E-state index contributed by atoms with van der Waals surface area (Å²) in [7, 11) is 0. The van der Waals surface area contributed by atoms with Crippen LogP contribution in [-0.2, 0) is 0 Å². The van der Waals surface area contributed by atoms with E-state index in [1.54, 1.807) is 12.1 Å². The molecule has 1 aromatic carbocycles. The second kappa shape index (κ2) is 4.97. The van der Waals surface area contributed by atoms with Crippen LogP contribution in [-0.4, -0.2) is 5.54 Å². The van der Waals surface area contributed by atoms with Crippen LogP contribution in [0.1, 0.15) is 33.1 Å². The molecule has 1 aromatic rings. The van der Waals surface area contributed by atoms with Gasteiger partial charge in [0.15, 0.2) is 0 Å². The maximum Gasteiger partial charge on any atom is 0.125 e. The molecule has 0 radical (unpaired) electrons. The third-order valence-corrected chi connectivity index (χ3v) is 4.11. The molecule has 0 amide bonds. The summed E-state index contributed by atoms with van der Waals surface area (Å²) in [5, 5.41) is 12.8. The fourth-order valence-corrected chi connectivity index (χ4v) is 2.66. The summed E-state index contributed by atoms with van der Waals surface area (Å²) >= 11 is 0. The van der Waals surface area contributed by atoms with Crippen molar-refractivity contribution in [3.8, 4) is 6.07 Å². The van der Waals surface area contributed by atoms with Gasteiger partial charge < -0.3 is 5.32 Å². The van der Waals surface area contributed by atoms with Gasteiger partial charge >= 0.3 is 0 Å². The molecule has 2 rings (SSSR count). The summed E-state index contributed by atoms with van der Waals surface area (Å²) in [6.07, 6.45) is 2.76. The highest BCUT2D eigenvalue weighted by atomic mass is 19.1. The maximum absolute atomic E-state index is 12.9. The smallest absolute Gasteiger partial charge is 0.125 e. The number of hydrogen-bond acceptors (Lipinski definition) is 2. The summed E-state index contributed by atoms with van der Waals surface area (Å²) in [6, 6.07) is 8.65. The Morgan fingerprint density at radius 3 is 2.50 bits per heavy atom. The van der Waals surface area contributed by atoms with Crippen molar-refractivity contribution in [2.75, 3.05) is 5.32 Å². The second-order valence-corrected chi connectivity index (χ2v) is 5.52. The monoisotopic (exact) mass is 246 g/mol. The molecular formula is C15H19FN2. The number of nitrogens with zero attached hydrogens (tertiary/aromatic N) is 1. The molecule has 3 atom stereocenters. The van der Waals surface area contributed by atoms with Crippen LogP contribution >= 0.6 is 0 Å². The Morgan fingerprint density at radius 1 is 1.28 bits per heavy atom. The fraction of sp³-hybridized carbons (Fsp3) is 0.533. The quantitative estimate of drug-likeness (QED) is 0.857. The van der Waals surface area contributed by atoms with E-state index in [1.165, 1.54) is 12.1 Å². The highest BCUT2D eigenvalue weighted by Gasteiger charge is 2.37. The fourth-order valence-electron chi connectivity index (χ4n) is 2.66. The Hall–Kier alpha value is -1.56. The predicted molar refractivity (Wildman–Crippen MR) is 70.5 cm³/mol. The van der Waals surface area contributed by atoms with Crippen molar-refractivity contribution >= 4 is 5.69 Å². The molecule has 3 heteroatoms.